The molecular formula is C10H15N5O2. The summed E-state index contributed by atoms with van der Waals surface area (Å²) in [5.41, 5.74) is 0.903. The van der Waals surface area contributed by atoms with Gasteiger partial charge < -0.3 is 16.0 Å². The minimum Gasteiger partial charge on any atom is -0.358 e. The molecule has 7 nitrogen and oxygen atoms in total. The van der Waals surface area contributed by atoms with Gasteiger partial charge in [-0.15, -0.1) is 0 Å². The van der Waals surface area contributed by atoms with E-state index in [2.05, 4.69) is 25.9 Å². The van der Waals surface area contributed by atoms with Gasteiger partial charge in [0.2, 0.25) is 11.9 Å². The van der Waals surface area contributed by atoms with E-state index in [1.54, 1.807) is 20.0 Å². The minimum atomic E-state index is -0.407. The zero-order valence-corrected chi connectivity index (χ0v) is 10.00. The third-order valence-electron chi connectivity index (χ3n) is 2.00. The van der Waals surface area contributed by atoms with Crippen molar-refractivity contribution in [3.63, 3.8) is 0 Å². The topological polar surface area (TPSA) is 96.0 Å². The molecule has 0 aliphatic heterocycles. The fourth-order valence-electron chi connectivity index (χ4n) is 1.14. The van der Waals surface area contributed by atoms with Crippen LogP contribution in [0.15, 0.2) is 6.07 Å². The highest BCUT2D eigenvalue weighted by Gasteiger charge is 2.10. The number of rotatable bonds is 4. The lowest BCUT2D eigenvalue weighted by Gasteiger charge is -2.06. The highest BCUT2D eigenvalue weighted by Crippen LogP contribution is 2.03. The maximum Gasteiger partial charge on any atom is 0.270 e. The number of nitrogens with zero attached hydrogens (tertiary/aromatic N) is 2. The average molecular weight is 237 g/mol. The number of aryl methyl sites for hydroxylation is 1. The highest BCUT2D eigenvalue weighted by atomic mass is 16.2. The molecule has 0 atom stereocenters. The van der Waals surface area contributed by atoms with Gasteiger partial charge in [0.05, 0.1) is 6.54 Å². The molecule has 0 aliphatic rings. The lowest BCUT2D eigenvalue weighted by molar-refractivity contribution is -0.119. The van der Waals surface area contributed by atoms with Gasteiger partial charge in [-0.1, -0.05) is 0 Å². The van der Waals surface area contributed by atoms with Crippen LogP contribution in [0.3, 0.4) is 0 Å². The van der Waals surface area contributed by atoms with E-state index in [9.17, 15) is 9.59 Å². The van der Waals surface area contributed by atoms with E-state index in [0.29, 0.717) is 11.6 Å². The van der Waals surface area contributed by atoms with Crippen molar-refractivity contribution in [3.8, 4) is 0 Å². The Kier molecular flexibility index (Phi) is 4.38. The maximum absolute atomic E-state index is 11.7. The van der Waals surface area contributed by atoms with Crippen LogP contribution in [0.25, 0.3) is 0 Å². The molecule has 1 aromatic heterocycles. The summed E-state index contributed by atoms with van der Waals surface area (Å²) in [5, 5.41) is 7.62. The fourth-order valence-corrected chi connectivity index (χ4v) is 1.14. The summed E-state index contributed by atoms with van der Waals surface area (Å²) in [6.07, 6.45) is 0. The molecule has 0 saturated carbocycles. The van der Waals surface area contributed by atoms with Gasteiger partial charge in [-0.3, -0.25) is 9.59 Å². The largest absolute Gasteiger partial charge is 0.358 e. The molecule has 0 aliphatic carbocycles. The summed E-state index contributed by atoms with van der Waals surface area (Å²) in [6.45, 7) is 1.69. The first-order valence-electron chi connectivity index (χ1n) is 5.09. The predicted molar refractivity (Wildman–Crippen MR) is 62.7 cm³/mol. The Balaban J connectivity index is 2.74. The van der Waals surface area contributed by atoms with Gasteiger partial charge in [-0.2, -0.15) is 0 Å². The molecule has 1 rings (SSSR count). The number of hydrogen-bond acceptors (Lipinski definition) is 5. The van der Waals surface area contributed by atoms with Crippen molar-refractivity contribution in [2.45, 2.75) is 6.92 Å². The first-order chi connectivity index (χ1) is 8.06. The Bertz CT molecular complexity index is 433. The number of nitrogens with one attached hydrogen (secondary N) is 3. The molecule has 0 aromatic carbocycles. The third-order valence-corrected chi connectivity index (χ3v) is 2.00. The highest BCUT2D eigenvalue weighted by molar-refractivity contribution is 5.95. The molecule has 92 valence electrons. The second-order valence-corrected chi connectivity index (χ2v) is 3.32. The van der Waals surface area contributed by atoms with Gasteiger partial charge in [0.15, 0.2) is 0 Å². The molecule has 7 heteroatoms. The number of hydrogen-bond donors (Lipinski definition) is 3. The number of likely N-dealkylation sites (N-methyl/N-ethyl adjacent to an activating group) is 1. The van der Waals surface area contributed by atoms with E-state index in [1.807, 2.05) is 0 Å². The Morgan fingerprint density at radius 2 is 2.00 bits per heavy atom. The molecule has 0 bridgehead atoms. The summed E-state index contributed by atoms with van der Waals surface area (Å²) in [4.78, 5) is 30.7. The van der Waals surface area contributed by atoms with Crippen molar-refractivity contribution >= 4 is 17.8 Å². The van der Waals surface area contributed by atoms with Crippen LogP contribution in [0.5, 0.6) is 0 Å². The summed E-state index contributed by atoms with van der Waals surface area (Å²) in [7, 11) is 3.17. The summed E-state index contributed by atoms with van der Waals surface area (Å²) in [5.74, 6) is -0.302. The van der Waals surface area contributed by atoms with Crippen LogP contribution in [0.2, 0.25) is 0 Å². The smallest absolute Gasteiger partial charge is 0.270 e. The molecule has 0 radical (unpaired) electrons. The Morgan fingerprint density at radius 1 is 1.29 bits per heavy atom. The van der Waals surface area contributed by atoms with Crippen LogP contribution in [0.4, 0.5) is 5.95 Å². The van der Waals surface area contributed by atoms with E-state index in [0.717, 1.165) is 0 Å². The number of aromatic nitrogens is 2. The van der Waals surface area contributed by atoms with Crippen molar-refractivity contribution in [3.05, 3.63) is 17.5 Å². The monoisotopic (exact) mass is 237 g/mol. The second-order valence-electron chi connectivity index (χ2n) is 3.32. The fraction of sp³-hybridized carbons (Fsp3) is 0.400. The van der Waals surface area contributed by atoms with Crippen LogP contribution in [-0.4, -0.2) is 42.4 Å². The zero-order valence-electron chi connectivity index (χ0n) is 10.00. The molecule has 1 heterocycles. The van der Waals surface area contributed by atoms with E-state index in [1.165, 1.54) is 7.05 Å². The summed E-state index contributed by atoms with van der Waals surface area (Å²) < 4.78 is 0. The van der Waals surface area contributed by atoms with Gasteiger partial charge in [0, 0.05) is 19.8 Å². The Morgan fingerprint density at radius 3 is 2.59 bits per heavy atom. The third kappa shape index (κ3) is 3.71. The van der Waals surface area contributed by atoms with E-state index >= 15 is 0 Å². The van der Waals surface area contributed by atoms with Crippen LogP contribution in [0.1, 0.15) is 16.2 Å². The van der Waals surface area contributed by atoms with Gasteiger partial charge >= 0.3 is 0 Å². The molecule has 17 heavy (non-hydrogen) atoms. The standard InChI is InChI=1S/C10H15N5O2/c1-6-4-7(15-10(12-3)14-6)9(17)13-5-8(16)11-2/h4H,5H2,1-3H3,(H,11,16)(H,13,17)(H,12,14,15). The molecule has 0 unspecified atom stereocenters. The first kappa shape index (κ1) is 12.9. The number of carbonyl (C=O) groups excluding carboxylic acids is 2. The molecule has 0 fully saturated rings. The van der Waals surface area contributed by atoms with Gasteiger partial charge in [0.25, 0.3) is 5.91 Å². The first-order valence-corrected chi connectivity index (χ1v) is 5.09. The van der Waals surface area contributed by atoms with E-state index in [-0.39, 0.29) is 18.1 Å². The van der Waals surface area contributed by atoms with Gasteiger partial charge in [-0.05, 0) is 13.0 Å². The van der Waals surface area contributed by atoms with E-state index in [4.69, 9.17) is 0 Å². The van der Waals surface area contributed by atoms with Crippen LogP contribution in [0, 0.1) is 6.92 Å². The lowest BCUT2D eigenvalue weighted by atomic mass is 10.3. The van der Waals surface area contributed by atoms with Gasteiger partial charge in [-0.25, -0.2) is 9.97 Å². The minimum absolute atomic E-state index is 0.0761. The molecule has 0 saturated heterocycles. The predicted octanol–water partition coefficient (Wildman–Crippen LogP) is -0.697. The SMILES string of the molecule is CNC(=O)CNC(=O)c1cc(C)nc(NC)n1. The Labute approximate surface area is 99.0 Å². The molecule has 0 spiro atoms. The van der Waals surface area contributed by atoms with Crippen molar-refractivity contribution in [2.24, 2.45) is 0 Å². The lowest BCUT2D eigenvalue weighted by Crippen LogP contribution is -2.35. The number of carbonyl (C=O) groups is 2. The number of amides is 2. The van der Waals surface area contributed by atoms with Crippen molar-refractivity contribution in [1.29, 1.82) is 0 Å². The van der Waals surface area contributed by atoms with Gasteiger partial charge in [0.1, 0.15) is 5.69 Å². The number of anilines is 1. The summed E-state index contributed by atoms with van der Waals surface area (Å²) in [6, 6.07) is 1.56. The molecule has 2 amide bonds. The average Bonchev–Trinajstić information content (AvgIpc) is 2.34. The molecule has 3 N–H and O–H groups in total. The zero-order chi connectivity index (χ0) is 12.8. The quantitative estimate of drug-likeness (QED) is 0.643. The van der Waals surface area contributed by atoms with E-state index < -0.39 is 5.91 Å². The summed E-state index contributed by atoms with van der Waals surface area (Å²) >= 11 is 0. The Hall–Kier alpha value is -2.18. The molecular weight excluding hydrogens is 222 g/mol. The maximum atomic E-state index is 11.7. The van der Waals surface area contributed by atoms with Crippen LogP contribution >= 0.6 is 0 Å². The van der Waals surface area contributed by atoms with Crippen LogP contribution in [-0.2, 0) is 4.79 Å². The van der Waals surface area contributed by atoms with Crippen LogP contribution < -0.4 is 16.0 Å². The van der Waals surface area contributed by atoms with Crippen molar-refractivity contribution < 1.29 is 9.59 Å². The normalized spacial score (nSPS) is 9.59. The second kappa shape index (κ2) is 5.78. The molecule has 1 aromatic rings. The van der Waals surface area contributed by atoms with Crippen molar-refractivity contribution in [2.75, 3.05) is 26.0 Å². The van der Waals surface area contributed by atoms with Crippen molar-refractivity contribution in [1.82, 2.24) is 20.6 Å².